The van der Waals surface area contributed by atoms with Crippen LogP contribution < -0.4 is 5.32 Å². The Kier molecular flexibility index (Phi) is 4.19. The predicted octanol–water partition coefficient (Wildman–Crippen LogP) is 3.45. The van der Waals surface area contributed by atoms with E-state index in [1.54, 1.807) is 11.3 Å². The highest BCUT2D eigenvalue weighted by Gasteiger charge is 2.33. The van der Waals surface area contributed by atoms with E-state index in [0.29, 0.717) is 23.4 Å². The van der Waals surface area contributed by atoms with Gasteiger partial charge in [-0.1, -0.05) is 34.7 Å². The second-order valence-electron chi connectivity index (χ2n) is 6.36. The van der Waals surface area contributed by atoms with Crippen molar-refractivity contribution in [2.45, 2.75) is 5.92 Å². The minimum absolute atomic E-state index is 0.0580. The Labute approximate surface area is 162 Å². The zero-order chi connectivity index (χ0) is 18.2. The van der Waals surface area contributed by atoms with E-state index >= 15 is 0 Å². The van der Waals surface area contributed by atoms with Crippen molar-refractivity contribution in [3.05, 3.63) is 47.7 Å². The number of rotatable bonds is 5. The van der Waals surface area contributed by atoms with Crippen LogP contribution in [0.3, 0.4) is 0 Å². The van der Waals surface area contributed by atoms with Gasteiger partial charge in [-0.05, 0) is 23.6 Å². The van der Waals surface area contributed by atoms with Crippen LogP contribution >= 0.6 is 22.7 Å². The molecule has 1 fully saturated rings. The number of aromatic nitrogens is 3. The average molecular weight is 397 g/mol. The summed E-state index contributed by atoms with van der Waals surface area (Å²) < 4.78 is 6.45. The first-order chi connectivity index (χ1) is 13.2. The number of likely N-dealkylation sites (tertiary alicyclic amines) is 1. The average Bonchev–Trinajstić information content (AvgIpc) is 3.36. The molecule has 1 aliphatic heterocycles. The zero-order valence-corrected chi connectivity index (χ0v) is 15.8. The minimum atomic E-state index is -0.0580. The van der Waals surface area contributed by atoms with E-state index in [-0.39, 0.29) is 11.8 Å². The molecule has 0 aliphatic carbocycles. The van der Waals surface area contributed by atoms with Crippen molar-refractivity contribution < 1.29 is 9.32 Å². The topological polar surface area (TPSA) is 84.2 Å². The lowest BCUT2D eigenvalue weighted by atomic mass is 10.0. The summed E-state index contributed by atoms with van der Waals surface area (Å²) in [5.41, 5.74) is 0.903. The van der Waals surface area contributed by atoms with Crippen LogP contribution in [0, 0.1) is 0 Å². The molecule has 1 aromatic carbocycles. The molecule has 27 heavy (non-hydrogen) atoms. The van der Waals surface area contributed by atoms with Crippen LogP contribution in [-0.2, 0) is 4.79 Å². The molecule has 0 spiro atoms. The third-order valence-corrected chi connectivity index (χ3v) is 6.21. The van der Waals surface area contributed by atoms with E-state index < -0.39 is 0 Å². The van der Waals surface area contributed by atoms with Gasteiger partial charge in [0.2, 0.25) is 17.6 Å². The number of nitrogens with one attached hydrogen (secondary N) is 1. The Bertz CT molecular complexity index is 1050. The number of para-hydroxylation sites is 1. The number of fused-ring (bicyclic) bond motifs is 1. The van der Waals surface area contributed by atoms with Crippen molar-refractivity contribution in [2.24, 2.45) is 0 Å². The maximum Gasteiger partial charge on any atom is 0.240 e. The Morgan fingerprint density at radius 2 is 2.11 bits per heavy atom. The summed E-state index contributed by atoms with van der Waals surface area (Å²) in [6.45, 7) is 1.80. The number of benzene rings is 1. The number of thiazole rings is 1. The highest BCUT2D eigenvalue weighted by molar-refractivity contribution is 7.22. The Morgan fingerprint density at radius 3 is 2.93 bits per heavy atom. The van der Waals surface area contributed by atoms with E-state index in [4.69, 9.17) is 4.52 Å². The lowest BCUT2D eigenvalue weighted by Gasteiger charge is -2.36. The van der Waals surface area contributed by atoms with Crippen LogP contribution in [0.2, 0.25) is 0 Å². The van der Waals surface area contributed by atoms with Crippen molar-refractivity contribution in [1.29, 1.82) is 0 Å². The fraction of sp³-hybridized carbons (Fsp3) is 0.222. The molecular formula is C18H15N5O2S2. The standard InChI is InChI=1S/C18H15N5O2S2/c24-15(20-18-19-12-4-1-2-5-13(12)27-18)10-23-8-11(9-23)17-21-16(22-25-17)14-6-3-7-26-14/h1-7,11H,8-10H2,(H,19,20,24). The Balaban J connectivity index is 1.15. The quantitative estimate of drug-likeness (QED) is 0.555. The van der Waals surface area contributed by atoms with Crippen LogP contribution in [0.5, 0.6) is 0 Å². The Hall–Kier alpha value is -2.62. The first kappa shape index (κ1) is 16.5. The molecule has 7 nitrogen and oxygen atoms in total. The van der Waals surface area contributed by atoms with E-state index in [2.05, 4.69) is 25.3 Å². The van der Waals surface area contributed by atoms with Gasteiger partial charge in [-0.3, -0.25) is 9.69 Å². The van der Waals surface area contributed by atoms with E-state index in [1.165, 1.54) is 11.3 Å². The second-order valence-corrected chi connectivity index (χ2v) is 8.34. The third kappa shape index (κ3) is 3.36. The summed E-state index contributed by atoms with van der Waals surface area (Å²) in [5, 5.41) is 9.55. The number of amides is 1. The van der Waals surface area contributed by atoms with Crippen molar-refractivity contribution in [2.75, 3.05) is 25.0 Å². The molecule has 0 radical (unpaired) electrons. The van der Waals surface area contributed by atoms with Gasteiger partial charge in [-0.25, -0.2) is 4.98 Å². The zero-order valence-electron chi connectivity index (χ0n) is 14.2. The summed E-state index contributed by atoms with van der Waals surface area (Å²) in [5.74, 6) is 1.40. The molecule has 0 saturated carbocycles. The van der Waals surface area contributed by atoms with E-state index in [0.717, 1.165) is 28.2 Å². The maximum absolute atomic E-state index is 12.3. The summed E-state index contributed by atoms with van der Waals surface area (Å²) in [7, 11) is 0. The van der Waals surface area contributed by atoms with E-state index in [1.807, 2.05) is 41.8 Å². The first-order valence-corrected chi connectivity index (χ1v) is 10.2. The monoisotopic (exact) mass is 397 g/mol. The van der Waals surface area contributed by atoms with Crippen molar-refractivity contribution in [3.8, 4) is 10.7 Å². The highest BCUT2D eigenvalue weighted by atomic mass is 32.1. The molecule has 1 saturated heterocycles. The van der Waals surface area contributed by atoms with Gasteiger partial charge in [-0.2, -0.15) is 4.98 Å². The minimum Gasteiger partial charge on any atom is -0.339 e. The van der Waals surface area contributed by atoms with Gasteiger partial charge in [0.05, 0.1) is 27.6 Å². The lowest BCUT2D eigenvalue weighted by molar-refractivity contribution is -0.118. The highest BCUT2D eigenvalue weighted by Crippen LogP contribution is 2.29. The summed E-state index contributed by atoms with van der Waals surface area (Å²) in [4.78, 5) is 24.2. The second kappa shape index (κ2) is 6.84. The molecule has 0 bridgehead atoms. The van der Waals surface area contributed by atoms with Crippen LogP contribution in [0.15, 0.2) is 46.3 Å². The number of carbonyl (C=O) groups excluding carboxylic acids is 1. The maximum atomic E-state index is 12.3. The molecular weight excluding hydrogens is 382 g/mol. The molecule has 3 aromatic heterocycles. The molecule has 1 aliphatic rings. The van der Waals surface area contributed by atoms with Crippen LogP contribution in [0.25, 0.3) is 20.9 Å². The van der Waals surface area contributed by atoms with Gasteiger partial charge in [-0.15, -0.1) is 11.3 Å². The molecule has 4 heterocycles. The molecule has 9 heteroatoms. The smallest absolute Gasteiger partial charge is 0.240 e. The van der Waals surface area contributed by atoms with Crippen molar-refractivity contribution in [1.82, 2.24) is 20.0 Å². The number of thiophene rings is 1. The molecule has 4 aromatic rings. The van der Waals surface area contributed by atoms with Crippen LogP contribution in [0.4, 0.5) is 5.13 Å². The fourth-order valence-electron chi connectivity index (χ4n) is 3.05. The summed E-state index contributed by atoms with van der Waals surface area (Å²) in [6, 6.07) is 11.8. The molecule has 0 atom stereocenters. The number of carbonyl (C=O) groups is 1. The van der Waals surface area contributed by atoms with Crippen LogP contribution in [-0.4, -0.2) is 45.6 Å². The normalized spacial score (nSPS) is 15.1. The van der Waals surface area contributed by atoms with E-state index in [9.17, 15) is 4.79 Å². The third-order valence-electron chi connectivity index (χ3n) is 4.40. The SMILES string of the molecule is O=C(CN1CC(c2nc(-c3cccs3)no2)C1)Nc1nc2ccccc2s1. The van der Waals surface area contributed by atoms with Gasteiger partial charge >= 0.3 is 0 Å². The summed E-state index contributed by atoms with van der Waals surface area (Å²) in [6.07, 6.45) is 0. The number of anilines is 1. The van der Waals surface area contributed by atoms with Gasteiger partial charge in [0.15, 0.2) is 5.13 Å². The van der Waals surface area contributed by atoms with Gasteiger partial charge < -0.3 is 9.84 Å². The summed E-state index contributed by atoms with van der Waals surface area (Å²) >= 11 is 3.07. The fourth-order valence-corrected chi connectivity index (χ4v) is 4.58. The number of hydrogen-bond donors (Lipinski definition) is 1. The number of nitrogens with zero attached hydrogens (tertiary/aromatic N) is 4. The molecule has 0 unspecified atom stereocenters. The Morgan fingerprint density at radius 1 is 1.22 bits per heavy atom. The first-order valence-electron chi connectivity index (χ1n) is 8.50. The molecule has 5 rings (SSSR count). The van der Waals surface area contributed by atoms with Gasteiger partial charge in [0.25, 0.3) is 0 Å². The molecule has 1 N–H and O–H groups in total. The van der Waals surface area contributed by atoms with Gasteiger partial charge in [0.1, 0.15) is 0 Å². The van der Waals surface area contributed by atoms with Crippen molar-refractivity contribution in [3.63, 3.8) is 0 Å². The number of hydrogen-bond acceptors (Lipinski definition) is 8. The largest absolute Gasteiger partial charge is 0.339 e. The predicted molar refractivity (Wildman–Crippen MR) is 105 cm³/mol. The van der Waals surface area contributed by atoms with Crippen LogP contribution in [0.1, 0.15) is 11.8 Å². The van der Waals surface area contributed by atoms with Gasteiger partial charge in [0, 0.05) is 13.1 Å². The molecule has 1 amide bonds. The lowest BCUT2D eigenvalue weighted by Crippen LogP contribution is -2.48. The molecule has 136 valence electrons. The van der Waals surface area contributed by atoms with Crippen molar-refractivity contribution >= 4 is 43.9 Å².